The molecule has 0 aromatic carbocycles. The van der Waals surface area contributed by atoms with Gasteiger partial charge in [0.25, 0.3) is 0 Å². The summed E-state index contributed by atoms with van der Waals surface area (Å²) in [4.78, 5) is 22.6. The van der Waals surface area contributed by atoms with E-state index >= 15 is 0 Å². The normalized spacial score (nSPS) is 17.2. The van der Waals surface area contributed by atoms with Crippen molar-refractivity contribution in [3.05, 3.63) is 17.8 Å². The minimum absolute atomic E-state index is 0.207. The van der Waals surface area contributed by atoms with Gasteiger partial charge >= 0.3 is 5.97 Å². The number of anilines is 1. The molecule has 0 bridgehead atoms. The highest BCUT2D eigenvalue weighted by atomic mass is 32.1. The monoisotopic (exact) mass is 263 g/mol. The van der Waals surface area contributed by atoms with Crippen LogP contribution in [-0.4, -0.2) is 34.1 Å². The van der Waals surface area contributed by atoms with E-state index < -0.39 is 5.97 Å². The Morgan fingerprint density at radius 3 is 2.89 bits per heavy atom. The van der Waals surface area contributed by atoms with Crippen LogP contribution in [0.5, 0.6) is 0 Å². The van der Waals surface area contributed by atoms with Crippen molar-refractivity contribution in [2.45, 2.75) is 12.8 Å². The Kier molecular flexibility index (Phi) is 2.87. The summed E-state index contributed by atoms with van der Waals surface area (Å²) < 4.78 is 0. The van der Waals surface area contributed by atoms with Crippen molar-refractivity contribution < 1.29 is 9.90 Å². The molecule has 0 radical (unpaired) electrons. The lowest BCUT2D eigenvalue weighted by Gasteiger charge is -2.31. The van der Waals surface area contributed by atoms with Crippen molar-refractivity contribution in [1.29, 1.82) is 0 Å². The molecule has 1 aliphatic rings. The number of piperidine rings is 1. The van der Waals surface area contributed by atoms with Crippen LogP contribution in [0.3, 0.4) is 0 Å². The number of carbonyl (C=O) groups is 1. The lowest BCUT2D eigenvalue weighted by atomic mass is 9.97. The minimum Gasteiger partial charge on any atom is -0.481 e. The topological polar surface area (TPSA) is 66.3 Å². The van der Waals surface area contributed by atoms with Gasteiger partial charge in [0.1, 0.15) is 17.0 Å². The van der Waals surface area contributed by atoms with Gasteiger partial charge in [-0.25, -0.2) is 9.97 Å². The highest BCUT2D eigenvalue weighted by Gasteiger charge is 2.25. The summed E-state index contributed by atoms with van der Waals surface area (Å²) in [5.41, 5.74) is 0. The Labute approximate surface area is 108 Å². The van der Waals surface area contributed by atoms with E-state index in [4.69, 9.17) is 5.11 Å². The molecular formula is C12H13N3O2S. The molecule has 0 saturated carbocycles. The Balaban J connectivity index is 1.84. The third-order valence-electron chi connectivity index (χ3n) is 3.38. The number of thiophene rings is 1. The molecule has 1 saturated heterocycles. The third-order valence-corrected chi connectivity index (χ3v) is 4.21. The van der Waals surface area contributed by atoms with Gasteiger partial charge in [0.05, 0.1) is 11.3 Å². The van der Waals surface area contributed by atoms with Crippen LogP contribution in [0.25, 0.3) is 10.2 Å². The molecule has 0 amide bonds. The van der Waals surface area contributed by atoms with Gasteiger partial charge in [-0.1, -0.05) is 0 Å². The number of carboxylic acids is 1. The molecule has 3 heterocycles. The zero-order chi connectivity index (χ0) is 12.5. The molecule has 6 heteroatoms. The summed E-state index contributed by atoms with van der Waals surface area (Å²) >= 11 is 1.60. The predicted molar refractivity (Wildman–Crippen MR) is 70.0 cm³/mol. The van der Waals surface area contributed by atoms with Crippen molar-refractivity contribution in [2.24, 2.45) is 5.92 Å². The predicted octanol–water partition coefficient (Wildman–Crippen LogP) is 1.99. The summed E-state index contributed by atoms with van der Waals surface area (Å²) in [7, 11) is 0. The summed E-state index contributed by atoms with van der Waals surface area (Å²) in [5, 5.41) is 12.1. The van der Waals surface area contributed by atoms with Crippen molar-refractivity contribution in [3.8, 4) is 0 Å². The summed E-state index contributed by atoms with van der Waals surface area (Å²) in [6, 6.07) is 2.03. The van der Waals surface area contributed by atoms with Crippen molar-refractivity contribution >= 4 is 33.3 Å². The van der Waals surface area contributed by atoms with Crippen molar-refractivity contribution in [2.75, 3.05) is 18.0 Å². The van der Waals surface area contributed by atoms with Crippen LogP contribution in [0.2, 0.25) is 0 Å². The third kappa shape index (κ3) is 1.92. The minimum atomic E-state index is -0.682. The highest BCUT2D eigenvalue weighted by Crippen LogP contribution is 2.29. The molecule has 94 valence electrons. The van der Waals surface area contributed by atoms with E-state index in [-0.39, 0.29) is 5.92 Å². The zero-order valence-corrected chi connectivity index (χ0v) is 10.6. The molecule has 0 atom stereocenters. The van der Waals surface area contributed by atoms with Gasteiger partial charge in [-0.15, -0.1) is 11.3 Å². The molecular weight excluding hydrogens is 250 g/mol. The van der Waals surface area contributed by atoms with Crippen LogP contribution in [0, 0.1) is 5.92 Å². The Bertz CT molecular complexity index is 575. The zero-order valence-electron chi connectivity index (χ0n) is 9.74. The van der Waals surface area contributed by atoms with Gasteiger partial charge in [0.2, 0.25) is 0 Å². The van der Waals surface area contributed by atoms with Gasteiger partial charge in [0.15, 0.2) is 0 Å². The molecule has 0 spiro atoms. The van der Waals surface area contributed by atoms with Crippen LogP contribution in [0.15, 0.2) is 17.8 Å². The first-order chi connectivity index (χ1) is 8.75. The summed E-state index contributed by atoms with van der Waals surface area (Å²) in [6.07, 6.45) is 2.95. The van der Waals surface area contributed by atoms with Crippen LogP contribution >= 0.6 is 11.3 Å². The maximum atomic E-state index is 10.9. The maximum Gasteiger partial charge on any atom is 0.306 e. The molecule has 1 fully saturated rings. The Morgan fingerprint density at radius 2 is 2.17 bits per heavy atom. The van der Waals surface area contributed by atoms with Gasteiger partial charge in [-0.05, 0) is 24.3 Å². The number of aliphatic carboxylic acids is 1. The lowest BCUT2D eigenvalue weighted by Crippen LogP contribution is -2.36. The average molecular weight is 263 g/mol. The SMILES string of the molecule is O=C(O)C1CCN(c2ncnc3sccc23)CC1. The Morgan fingerprint density at radius 1 is 1.39 bits per heavy atom. The second kappa shape index (κ2) is 4.53. The van der Waals surface area contributed by atoms with Crippen LogP contribution < -0.4 is 4.90 Å². The summed E-state index contributed by atoms with van der Waals surface area (Å²) in [6.45, 7) is 1.50. The number of rotatable bonds is 2. The standard InChI is InChI=1S/C12H13N3O2S/c16-12(17)8-1-4-15(5-2-8)10-9-3-6-18-11(9)14-7-13-10/h3,6-8H,1-2,4-5H2,(H,16,17). The fraction of sp³-hybridized carbons (Fsp3) is 0.417. The van der Waals surface area contributed by atoms with Gasteiger partial charge in [0, 0.05) is 13.1 Å². The molecule has 5 nitrogen and oxygen atoms in total. The quantitative estimate of drug-likeness (QED) is 0.897. The smallest absolute Gasteiger partial charge is 0.306 e. The number of carboxylic acid groups (broad SMARTS) is 1. The molecule has 2 aromatic rings. The van der Waals surface area contributed by atoms with E-state index in [0.29, 0.717) is 12.8 Å². The second-order valence-corrected chi connectivity index (χ2v) is 5.33. The van der Waals surface area contributed by atoms with Gasteiger partial charge < -0.3 is 10.0 Å². The first-order valence-corrected chi connectivity index (χ1v) is 6.79. The van der Waals surface area contributed by atoms with E-state index in [9.17, 15) is 4.79 Å². The van der Waals surface area contributed by atoms with Crippen molar-refractivity contribution in [1.82, 2.24) is 9.97 Å². The van der Waals surface area contributed by atoms with Crippen LogP contribution in [0.4, 0.5) is 5.82 Å². The van der Waals surface area contributed by atoms with Gasteiger partial charge in [-0.2, -0.15) is 0 Å². The van der Waals surface area contributed by atoms with E-state index in [0.717, 1.165) is 29.1 Å². The highest BCUT2D eigenvalue weighted by molar-refractivity contribution is 7.16. The average Bonchev–Trinajstić information content (AvgIpc) is 2.87. The molecule has 18 heavy (non-hydrogen) atoms. The first kappa shape index (κ1) is 11.4. The van der Waals surface area contributed by atoms with Crippen LogP contribution in [0.1, 0.15) is 12.8 Å². The molecule has 1 aliphatic heterocycles. The molecule has 0 unspecified atom stereocenters. The molecule has 3 rings (SSSR count). The molecule has 1 N–H and O–H groups in total. The fourth-order valence-corrected chi connectivity index (χ4v) is 3.09. The second-order valence-electron chi connectivity index (χ2n) is 4.44. The van der Waals surface area contributed by atoms with Crippen molar-refractivity contribution in [3.63, 3.8) is 0 Å². The van der Waals surface area contributed by atoms with E-state index in [2.05, 4.69) is 14.9 Å². The van der Waals surface area contributed by atoms with Crippen LogP contribution in [-0.2, 0) is 4.79 Å². The fourth-order valence-electron chi connectivity index (χ4n) is 2.37. The van der Waals surface area contributed by atoms with Gasteiger partial charge in [-0.3, -0.25) is 4.79 Å². The molecule has 0 aliphatic carbocycles. The van der Waals surface area contributed by atoms with E-state index in [1.54, 1.807) is 17.7 Å². The first-order valence-electron chi connectivity index (χ1n) is 5.91. The molecule has 2 aromatic heterocycles. The summed E-state index contributed by atoms with van der Waals surface area (Å²) in [5.74, 6) is 0.0455. The Hall–Kier alpha value is -1.69. The maximum absolute atomic E-state index is 10.9. The number of aromatic nitrogens is 2. The van der Waals surface area contributed by atoms with E-state index in [1.807, 2.05) is 11.4 Å². The van der Waals surface area contributed by atoms with E-state index in [1.165, 1.54) is 0 Å². The number of fused-ring (bicyclic) bond motifs is 1. The lowest BCUT2D eigenvalue weighted by molar-refractivity contribution is -0.142. The largest absolute Gasteiger partial charge is 0.481 e. The number of hydrogen-bond donors (Lipinski definition) is 1. The number of hydrogen-bond acceptors (Lipinski definition) is 5. The number of nitrogens with zero attached hydrogens (tertiary/aromatic N) is 3.